The second-order valence-electron chi connectivity index (χ2n) is 8.09. The van der Waals surface area contributed by atoms with Gasteiger partial charge < -0.3 is 14.6 Å². The molecule has 3 rings (SSSR count). The molecule has 0 aliphatic carbocycles. The minimum atomic E-state index is -0.436. The maximum Gasteiger partial charge on any atom is 0.195 e. The number of aliphatic hydroxyl groups excluding tert-OH is 1. The fourth-order valence-electron chi connectivity index (χ4n) is 3.87. The SMILES string of the molecule is CCCCN(CCCC)CC(O)Cn1cc(C=CC(=O)c2cccs2)c2ccccc21. The molecule has 0 aliphatic rings. The quantitative estimate of drug-likeness (QED) is 0.268. The molecule has 2 aromatic heterocycles. The second kappa shape index (κ2) is 12.0. The molecule has 0 aliphatic heterocycles. The molecule has 166 valence electrons. The Morgan fingerprint density at radius 2 is 1.87 bits per heavy atom. The minimum Gasteiger partial charge on any atom is -0.390 e. The van der Waals surface area contributed by atoms with E-state index in [0.29, 0.717) is 13.1 Å². The molecule has 0 fully saturated rings. The van der Waals surface area contributed by atoms with Crippen molar-refractivity contribution in [3.63, 3.8) is 0 Å². The van der Waals surface area contributed by atoms with Crippen molar-refractivity contribution in [1.29, 1.82) is 0 Å². The highest BCUT2D eigenvalue weighted by atomic mass is 32.1. The van der Waals surface area contributed by atoms with E-state index in [-0.39, 0.29) is 5.78 Å². The van der Waals surface area contributed by atoms with Gasteiger partial charge in [0.15, 0.2) is 5.78 Å². The lowest BCUT2D eigenvalue weighted by molar-refractivity contribution is 0.0973. The maximum atomic E-state index is 12.4. The summed E-state index contributed by atoms with van der Waals surface area (Å²) in [5.74, 6) is 0.0226. The van der Waals surface area contributed by atoms with Gasteiger partial charge in [-0.1, -0.05) is 51.0 Å². The molecule has 1 N–H and O–H groups in total. The molecule has 2 heterocycles. The maximum absolute atomic E-state index is 12.4. The number of aromatic nitrogens is 1. The number of aliphatic hydroxyl groups is 1. The number of thiophene rings is 1. The van der Waals surface area contributed by atoms with Crippen molar-refractivity contribution < 1.29 is 9.90 Å². The Balaban J connectivity index is 1.73. The van der Waals surface area contributed by atoms with E-state index in [1.165, 1.54) is 24.2 Å². The third-order valence-corrected chi connectivity index (χ3v) is 6.41. The first-order chi connectivity index (χ1) is 15.1. The molecule has 5 heteroatoms. The first kappa shape index (κ1) is 23.5. The van der Waals surface area contributed by atoms with Crippen LogP contribution in [0.1, 0.15) is 54.8 Å². The average Bonchev–Trinajstić information content (AvgIpc) is 3.43. The predicted octanol–water partition coefficient (Wildman–Crippen LogP) is 5.86. The van der Waals surface area contributed by atoms with Gasteiger partial charge in [0.25, 0.3) is 0 Å². The van der Waals surface area contributed by atoms with E-state index >= 15 is 0 Å². The van der Waals surface area contributed by atoms with Crippen LogP contribution in [0.2, 0.25) is 0 Å². The molecule has 4 nitrogen and oxygen atoms in total. The number of nitrogens with zero attached hydrogens (tertiary/aromatic N) is 2. The number of allylic oxidation sites excluding steroid dienone is 1. The normalized spacial score (nSPS) is 12.9. The van der Waals surface area contributed by atoms with E-state index < -0.39 is 6.10 Å². The zero-order valence-corrected chi connectivity index (χ0v) is 19.5. The summed E-state index contributed by atoms with van der Waals surface area (Å²) in [7, 11) is 0. The summed E-state index contributed by atoms with van der Waals surface area (Å²) < 4.78 is 2.12. The van der Waals surface area contributed by atoms with E-state index in [4.69, 9.17) is 0 Å². The van der Waals surface area contributed by atoms with Crippen molar-refractivity contribution in [3.05, 3.63) is 64.5 Å². The Morgan fingerprint density at radius 1 is 1.13 bits per heavy atom. The van der Waals surface area contributed by atoms with E-state index in [2.05, 4.69) is 41.6 Å². The average molecular weight is 439 g/mol. The topological polar surface area (TPSA) is 45.5 Å². The number of unbranched alkanes of at least 4 members (excludes halogenated alkanes) is 2. The fraction of sp³-hybridized carbons (Fsp3) is 0.423. The number of benzene rings is 1. The Labute approximate surface area is 189 Å². The summed E-state index contributed by atoms with van der Waals surface area (Å²) in [5, 5.41) is 13.9. The van der Waals surface area contributed by atoms with Gasteiger partial charge in [0.2, 0.25) is 0 Å². The third-order valence-electron chi connectivity index (χ3n) is 5.53. The number of rotatable bonds is 13. The van der Waals surface area contributed by atoms with Gasteiger partial charge in [-0.25, -0.2) is 0 Å². The third kappa shape index (κ3) is 6.63. The highest BCUT2D eigenvalue weighted by molar-refractivity contribution is 7.12. The lowest BCUT2D eigenvalue weighted by Crippen LogP contribution is -2.36. The molecule has 0 amide bonds. The van der Waals surface area contributed by atoms with Crippen LogP contribution in [0, 0.1) is 0 Å². The van der Waals surface area contributed by atoms with E-state index in [1.54, 1.807) is 6.08 Å². The number of ketones is 1. The van der Waals surface area contributed by atoms with Crippen LogP contribution in [0.25, 0.3) is 17.0 Å². The minimum absolute atomic E-state index is 0.0226. The predicted molar refractivity (Wildman–Crippen MR) is 132 cm³/mol. The summed E-state index contributed by atoms with van der Waals surface area (Å²) >= 11 is 1.46. The van der Waals surface area contributed by atoms with Crippen LogP contribution < -0.4 is 0 Å². The van der Waals surface area contributed by atoms with Gasteiger partial charge in [-0.3, -0.25) is 4.79 Å². The lowest BCUT2D eigenvalue weighted by Gasteiger charge is -2.25. The first-order valence-corrected chi connectivity index (χ1v) is 12.2. The van der Waals surface area contributed by atoms with Gasteiger partial charge in [0.1, 0.15) is 0 Å². The number of hydrogen-bond acceptors (Lipinski definition) is 4. The van der Waals surface area contributed by atoms with Crippen molar-refractivity contribution in [2.45, 2.75) is 52.2 Å². The molecule has 31 heavy (non-hydrogen) atoms. The molecule has 0 saturated heterocycles. The van der Waals surface area contributed by atoms with Gasteiger partial charge in [0, 0.05) is 35.8 Å². The summed E-state index contributed by atoms with van der Waals surface area (Å²) in [6.45, 7) is 7.73. The van der Waals surface area contributed by atoms with Crippen molar-refractivity contribution in [2.24, 2.45) is 0 Å². The number of carbonyl (C=O) groups is 1. The molecular weight excluding hydrogens is 404 g/mol. The van der Waals surface area contributed by atoms with Crippen LogP contribution in [0.5, 0.6) is 0 Å². The largest absolute Gasteiger partial charge is 0.390 e. The summed E-state index contributed by atoms with van der Waals surface area (Å²) in [6, 6.07) is 11.9. The smallest absolute Gasteiger partial charge is 0.195 e. The zero-order chi connectivity index (χ0) is 22.1. The van der Waals surface area contributed by atoms with E-state index in [0.717, 1.165) is 47.3 Å². The van der Waals surface area contributed by atoms with Crippen LogP contribution in [0.4, 0.5) is 0 Å². The summed E-state index contributed by atoms with van der Waals surface area (Å²) in [6.07, 6.45) is 9.81. The molecule has 3 aromatic rings. The van der Waals surface area contributed by atoms with Crippen LogP contribution >= 0.6 is 11.3 Å². The zero-order valence-electron chi connectivity index (χ0n) is 18.7. The van der Waals surface area contributed by atoms with Gasteiger partial charge >= 0.3 is 0 Å². The number of carbonyl (C=O) groups excluding carboxylic acids is 1. The molecule has 1 atom stereocenters. The monoisotopic (exact) mass is 438 g/mol. The van der Waals surface area contributed by atoms with E-state index in [9.17, 15) is 9.90 Å². The molecule has 1 unspecified atom stereocenters. The highest BCUT2D eigenvalue weighted by Gasteiger charge is 2.14. The number of fused-ring (bicyclic) bond motifs is 1. The van der Waals surface area contributed by atoms with Crippen LogP contribution in [0.15, 0.2) is 54.1 Å². The van der Waals surface area contributed by atoms with Gasteiger partial charge in [-0.05, 0) is 55.6 Å². The summed E-state index contributed by atoms with van der Waals surface area (Å²) in [4.78, 5) is 15.5. The fourth-order valence-corrected chi connectivity index (χ4v) is 4.51. The van der Waals surface area contributed by atoms with Crippen LogP contribution in [-0.2, 0) is 6.54 Å². The molecule has 0 radical (unpaired) electrons. The number of hydrogen-bond donors (Lipinski definition) is 1. The Morgan fingerprint density at radius 3 is 2.55 bits per heavy atom. The standard InChI is InChI=1S/C26H34N2O2S/c1-3-5-15-27(16-6-4-2)19-22(29)20-28-18-21(23-10-7-8-11-24(23)28)13-14-25(30)26-12-9-17-31-26/h7-14,17-18,22,29H,3-6,15-16,19-20H2,1-2H3. The Hall–Kier alpha value is -2.21. The van der Waals surface area contributed by atoms with Crippen molar-refractivity contribution >= 4 is 34.1 Å². The Kier molecular flexibility index (Phi) is 9.07. The molecular formula is C26H34N2O2S. The first-order valence-electron chi connectivity index (χ1n) is 11.4. The molecule has 0 saturated carbocycles. The lowest BCUT2D eigenvalue weighted by atomic mass is 10.1. The van der Waals surface area contributed by atoms with Crippen molar-refractivity contribution in [3.8, 4) is 0 Å². The molecule has 0 bridgehead atoms. The van der Waals surface area contributed by atoms with Gasteiger partial charge in [-0.15, -0.1) is 11.3 Å². The van der Waals surface area contributed by atoms with Gasteiger partial charge in [-0.2, -0.15) is 0 Å². The molecule has 0 spiro atoms. The van der Waals surface area contributed by atoms with Crippen LogP contribution in [-0.4, -0.2) is 46.1 Å². The van der Waals surface area contributed by atoms with Gasteiger partial charge in [0.05, 0.1) is 11.0 Å². The number of para-hydroxylation sites is 1. The van der Waals surface area contributed by atoms with E-state index in [1.807, 2.05) is 35.7 Å². The van der Waals surface area contributed by atoms with Crippen molar-refractivity contribution in [1.82, 2.24) is 9.47 Å². The second-order valence-corrected chi connectivity index (χ2v) is 9.04. The highest BCUT2D eigenvalue weighted by Crippen LogP contribution is 2.23. The van der Waals surface area contributed by atoms with Crippen LogP contribution in [0.3, 0.4) is 0 Å². The van der Waals surface area contributed by atoms with Crippen molar-refractivity contribution in [2.75, 3.05) is 19.6 Å². The summed E-state index contributed by atoms with van der Waals surface area (Å²) in [5.41, 5.74) is 2.08. The molecule has 1 aromatic carbocycles. The Bertz CT molecular complexity index is 967.